The minimum atomic E-state index is -0.101. The van der Waals surface area contributed by atoms with Crippen LogP contribution in [0.2, 0.25) is 0 Å². The summed E-state index contributed by atoms with van der Waals surface area (Å²) in [5.41, 5.74) is 3.50. The van der Waals surface area contributed by atoms with E-state index in [1.807, 2.05) is 17.0 Å². The van der Waals surface area contributed by atoms with Crippen molar-refractivity contribution in [2.45, 2.75) is 66.8 Å². The molecule has 1 aromatic carbocycles. The molecule has 0 aliphatic carbocycles. The van der Waals surface area contributed by atoms with Gasteiger partial charge in [-0.2, -0.15) is 0 Å². The molecule has 1 aliphatic heterocycles. The van der Waals surface area contributed by atoms with E-state index in [1.54, 1.807) is 16.2 Å². The molecule has 3 rings (SSSR count). The molecular weight excluding hydrogens is 416 g/mol. The highest BCUT2D eigenvalue weighted by Crippen LogP contribution is 2.39. The third kappa shape index (κ3) is 6.00. The van der Waals surface area contributed by atoms with Crippen LogP contribution in [0.3, 0.4) is 0 Å². The molecule has 0 radical (unpaired) electrons. The molecule has 0 saturated heterocycles. The maximum absolute atomic E-state index is 13.7. The van der Waals surface area contributed by atoms with Crippen LogP contribution < -0.4 is 0 Å². The quantitative estimate of drug-likeness (QED) is 0.527. The minimum absolute atomic E-state index is 0.0427. The van der Waals surface area contributed by atoms with E-state index in [0.717, 1.165) is 12.8 Å². The number of benzene rings is 1. The lowest BCUT2D eigenvalue weighted by Gasteiger charge is -2.38. The Labute approximate surface area is 197 Å². The molecule has 0 fully saturated rings. The standard InChI is InChI=1S/C27H38N2O2S/c1-19(2)11-14-28(24(30)17-27(4,5)6)18-25(31)29-15-12-23-22(13-16-32-23)26(29)21-10-8-7-9-20(21)3/h7-10,13,16,19,26H,11-12,14-15,17-18H2,1-6H3. The second kappa shape index (κ2) is 10.2. The van der Waals surface area contributed by atoms with Gasteiger partial charge in [0, 0.05) is 24.4 Å². The van der Waals surface area contributed by atoms with Crippen LogP contribution in [-0.2, 0) is 16.0 Å². The van der Waals surface area contributed by atoms with E-state index >= 15 is 0 Å². The average molecular weight is 455 g/mol. The zero-order chi connectivity index (χ0) is 23.5. The first-order chi connectivity index (χ1) is 15.1. The van der Waals surface area contributed by atoms with Crippen LogP contribution in [0.15, 0.2) is 35.7 Å². The number of carbonyl (C=O) groups excluding carboxylic acids is 2. The molecular formula is C27H38N2O2S. The summed E-state index contributed by atoms with van der Waals surface area (Å²) < 4.78 is 0. The largest absolute Gasteiger partial charge is 0.333 e. The Morgan fingerprint density at radius 2 is 1.88 bits per heavy atom. The van der Waals surface area contributed by atoms with Gasteiger partial charge in [0.2, 0.25) is 11.8 Å². The van der Waals surface area contributed by atoms with Crippen molar-refractivity contribution >= 4 is 23.2 Å². The van der Waals surface area contributed by atoms with Gasteiger partial charge in [0.05, 0.1) is 12.6 Å². The lowest BCUT2D eigenvalue weighted by Crippen LogP contribution is -2.47. The zero-order valence-corrected chi connectivity index (χ0v) is 21.3. The molecule has 32 heavy (non-hydrogen) atoms. The van der Waals surface area contributed by atoms with Crippen molar-refractivity contribution in [3.8, 4) is 0 Å². The second-order valence-corrected chi connectivity index (χ2v) is 11.6. The summed E-state index contributed by atoms with van der Waals surface area (Å²) in [6.45, 7) is 14.1. The van der Waals surface area contributed by atoms with Crippen molar-refractivity contribution < 1.29 is 9.59 Å². The van der Waals surface area contributed by atoms with Gasteiger partial charge >= 0.3 is 0 Å². The highest BCUT2D eigenvalue weighted by atomic mass is 32.1. The fourth-order valence-corrected chi connectivity index (χ4v) is 5.24. The molecule has 5 heteroatoms. The Bertz CT molecular complexity index is 941. The Morgan fingerprint density at radius 1 is 1.16 bits per heavy atom. The fourth-order valence-electron chi connectivity index (χ4n) is 4.34. The van der Waals surface area contributed by atoms with Crippen LogP contribution in [0.4, 0.5) is 0 Å². The molecule has 1 aromatic heterocycles. The van der Waals surface area contributed by atoms with Crippen LogP contribution in [0.1, 0.15) is 75.1 Å². The molecule has 2 aromatic rings. The lowest BCUT2D eigenvalue weighted by molar-refractivity contribution is -0.142. The molecule has 174 valence electrons. The van der Waals surface area contributed by atoms with E-state index in [9.17, 15) is 9.59 Å². The van der Waals surface area contributed by atoms with Crippen molar-refractivity contribution in [2.24, 2.45) is 11.3 Å². The maximum Gasteiger partial charge on any atom is 0.242 e. The van der Waals surface area contributed by atoms with Crippen molar-refractivity contribution in [1.29, 1.82) is 0 Å². The molecule has 1 atom stereocenters. The number of hydrogen-bond acceptors (Lipinski definition) is 3. The first kappa shape index (κ1) is 24.5. The number of thiophene rings is 1. The number of carbonyl (C=O) groups is 2. The van der Waals surface area contributed by atoms with E-state index in [-0.39, 0.29) is 29.8 Å². The minimum Gasteiger partial charge on any atom is -0.333 e. The lowest BCUT2D eigenvalue weighted by atomic mass is 9.90. The van der Waals surface area contributed by atoms with Gasteiger partial charge < -0.3 is 9.80 Å². The van der Waals surface area contributed by atoms with Crippen LogP contribution in [0, 0.1) is 18.3 Å². The Kier molecular flexibility index (Phi) is 7.81. The number of nitrogens with zero attached hydrogens (tertiary/aromatic N) is 2. The molecule has 2 heterocycles. The van der Waals surface area contributed by atoms with Gasteiger partial charge in [-0.1, -0.05) is 58.9 Å². The number of rotatable bonds is 7. The van der Waals surface area contributed by atoms with Gasteiger partial charge in [-0.25, -0.2) is 0 Å². The van der Waals surface area contributed by atoms with Gasteiger partial charge in [-0.05, 0) is 59.2 Å². The number of fused-ring (bicyclic) bond motifs is 1. The highest BCUT2D eigenvalue weighted by Gasteiger charge is 2.35. The van der Waals surface area contributed by atoms with Crippen molar-refractivity contribution in [2.75, 3.05) is 19.6 Å². The predicted molar refractivity (Wildman–Crippen MR) is 133 cm³/mol. The van der Waals surface area contributed by atoms with Crippen LogP contribution >= 0.6 is 11.3 Å². The first-order valence-electron chi connectivity index (χ1n) is 11.8. The molecule has 0 spiro atoms. The average Bonchev–Trinajstić information content (AvgIpc) is 3.18. The maximum atomic E-state index is 13.7. The molecule has 0 N–H and O–H groups in total. The SMILES string of the molecule is Cc1ccccc1C1c2ccsc2CCN1C(=O)CN(CCC(C)C)C(=O)CC(C)(C)C. The Balaban J connectivity index is 1.87. The summed E-state index contributed by atoms with van der Waals surface area (Å²) in [5.74, 6) is 0.603. The van der Waals surface area contributed by atoms with Crippen LogP contribution in [0.5, 0.6) is 0 Å². The molecule has 2 amide bonds. The van der Waals surface area contributed by atoms with Crippen molar-refractivity contribution in [3.05, 3.63) is 57.3 Å². The van der Waals surface area contributed by atoms with E-state index in [0.29, 0.717) is 25.4 Å². The van der Waals surface area contributed by atoms with Gasteiger partial charge in [0.25, 0.3) is 0 Å². The highest BCUT2D eigenvalue weighted by molar-refractivity contribution is 7.10. The number of amides is 2. The van der Waals surface area contributed by atoms with E-state index in [1.165, 1.54) is 21.6 Å². The third-order valence-electron chi connectivity index (χ3n) is 6.11. The number of hydrogen-bond donors (Lipinski definition) is 0. The van der Waals surface area contributed by atoms with Crippen molar-refractivity contribution in [1.82, 2.24) is 9.80 Å². The summed E-state index contributed by atoms with van der Waals surface area (Å²) in [4.78, 5) is 32.0. The summed E-state index contributed by atoms with van der Waals surface area (Å²) in [6, 6.07) is 10.4. The molecule has 1 aliphatic rings. The van der Waals surface area contributed by atoms with Crippen LogP contribution in [0.25, 0.3) is 0 Å². The summed E-state index contributed by atoms with van der Waals surface area (Å²) in [5, 5.41) is 2.13. The molecule has 0 saturated carbocycles. The van der Waals surface area contributed by atoms with Crippen LogP contribution in [-0.4, -0.2) is 41.2 Å². The fraction of sp³-hybridized carbons (Fsp3) is 0.556. The zero-order valence-electron chi connectivity index (χ0n) is 20.5. The van der Waals surface area contributed by atoms with E-state index in [4.69, 9.17) is 0 Å². The van der Waals surface area contributed by atoms with E-state index in [2.05, 4.69) is 65.1 Å². The third-order valence-corrected chi connectivity index (χ3v) is 7.10. The molecule has 0 bridgehead atoms. The summed E-state index contributed by atoms with van der Waals surface area (Å²) >= 11 is 1.78. The Morgan fingerprint density at radius 3 is 2.53 bits per heavy atom. The van der Waals surface area contributed by atoms with Gasteiger partial charge in [-0.3, -0.25) is 9.59 Å². The van der Waals surface area contributed by atoms with Crippen molar-refractivity contribution in [3.63, 3.8) is 0 Å². The summed E-state index contributed by atoms with van der Waals surface area (Å²) in [7, 11) is 0. The number of aryl methyl sites for hydroxylation is 1. The van der Waals surface area contributed by atoms with E-state index < -0.39 is 0 Å². The van der Waals surface area contributed by atoms with Gasteiger partial charge in [0.1, 0.15) is 0 Å². The monoisotopic (exact) mass is 454 g/mol. The smallest absolute Gasteiger partial charge is 0.242 e. The molecule has 1 unspecified atom stereocenters. The normalized spacial score (nSPS) is 16.2. The second-order valence-electron chi connectivity index (χ2n) is 10.6. The van der Waals surface area contributed by atoms with Gasteiger partial charge in [-0.15, -0.1) is 11.3 Å². The van der Waals surface area contributed by atoms with Gasteiger partial charge in [0.15, 0.2) is 0 Å². The summed E-state index contributed by atoms with van der Waals surface area (Å²) in [6.07, 6.45) is 2.23. The predicted octanol–water partition coefficient (Wildman–Crippen LogP) is 5.84. The first-order valence-corrected chi connectivity index (χ1v) is 12.6. The Hall–Kier alpha value is -2.14. The topological polar surface area (TPSA) is 40.6 Å². The molecule has 4 nitrogen and oxygen atoms in total.